The molecule has 0 atom stereocenters. The maximum Gasteiger partial charge on any atom is 0.254 e. The number of rotatable bonds is 1. The molecule has 0 spiro atoms. The molecule has 1 fully saturated rings. The van der Waals surface area contributed by atoms with Crippen molar-refractivity contribution in [3.63, 3.8) is 0 Å². The molecule has 5 heteroatoms. The van der Waals surface area contributed by atoms with Crippen LogP contribution in [-0.2, 0) is 4.74 Å². The Hall–Kier alpha value is -1.07. The van der Waals surface area contributed by atoms with Crippen LogP contribution in [0.5, 0.6) is 0 Å². The summed E-state index contributed by atoms with van der Waals surface area (Å²) in [6.07, 6.45) is 0. The van der Waals surface area contributed by atoms with Crippen molar-refractivity contribution in [3.8, 4) is 0 Å². The summed E-state index contributed by atoms with van der Waals surface area (Å²) in [5.74, 6) is 0.0267. The van der Waals surface area contributed by atoms with Gasteiger partial charge in [0.25, 0.3) is 5.91 Å². The fourth-order valence-electron chi connectivity index (χ4n) is 1.86. The summed E-state index contributed by atoms with van der Waals surface area (Å²) in [5.41, 5.74) is 8.00. The van der Waals surface area contributed by atoms with Gasteiger partial charge in [-0.15, -0.1) is 0 Å². The first-order valence-corrected chi connectivity index (χ1v) is 6.31. The molecule has 92 valence electrons. The number of halogens is 1. The highest BCUT2D eigenvalue weighted by Gasteiger charge is 2.21. The van der Waals surface area contributed by atoms with Crippen molar-refractivity contribution in [3.05, 3.63) is 27.7 Å². The van der Waals surface area contributed by atoms with Crippen molar-refractivity contribution >= 4 is 27.5 Å². The summed E-state index contributed by atoms with van der Waals surface area (Å²) < 4.78 is 6.07. The molecule has 1 aromatic rings. The van der Waals surface area contributed by atoms with Crippen molar-refractivity contribution in [2.24, 2.45) is 0 Å². The summed E-state index contributed by atoms with van der Waals surface area (Å²) in [6, 6.07) is 3.63. The Morgan fingerprint density at radius 1 is 1.41 bits per heavy atom. The van der Waals surface area contributed by atoms with Gasteiger partial charge in [-0.1, -0.05) is 15.9 Å². The first-order valence-electron chi connectivity index (χ1n) is 5.52. The van der Waals surface area contributed by atoms with Crippen LogP contribution in [0, 0.1) is 6.92 Å². The first kappa shape index (κ1) is 12.4. The van der Waals surface area contributed by atoms with E-state index in [0.717, 1.165) is 10.0 Å². The van der Waals surface area contributed by atoms with E-state index < -0.39 is 0 Å². The molecule has 0 radical (unpaired) electrons. The third-order valence-corrected chi connectivity index (χ3v) is 3.40. The average molecular weight is 299 g/mol. The van der Waals surface area contributed by atoms with Gasteiger partial charge in [0.05, 0.1) is 13.2 Å². The molecule has 0 unspecified atom stereocenters. The zero-order chi connectivity index (χ0) is 12.4. The Morgan fingerprint density at radius 3 is 2.71 bits per heavy atom. The van der Waals surface area contributed by atoms with E-state index in [1.54, 1.807) is 4.90 Å². The molecular formula is C12H15BrN2O2. The monoisotopic (exact) mass is 298 g/mol. The van der Waals surface area contributed by atoms with Gasteiger partial charge in [-0.3, -0.25) is 4.79 Å². The Kier molecular flexibility index (Phi) is 3.69. The Balaban J connectivity index is 2.29. The van der Waals surface area contributed by atoms with Crippen LogP contribution >= 0.6 is 15.9 Å². The van der Waals surface area contributed by atoms with Crippen molar-refractivity contribution in [1.82, 2.24) is 4.90 Å². The van der Waals surface area contributed by atoms with E-state index in [4.69, 9.17) is 10.5 Å². The maximum absolute atomic E-state index is 12.3. The number of benzene rings is 1. The lowest BCUT2D eigenvalue weighted by Gasteiger charge is -2.27. The van der Waals surface area contributed by atoms with Gasteiger partial charge in [-0.2, -0.15) is 0 Å². The number of anilines is 1. The van der Waals surface area contributed by atoms with E-state index in [9.17, 15) is 4.79 Å². The zero-order valence-electron chi connectivity index (χ0n) is 9.70. The molecule has 1 aliphatic heterocycles. The quantitative estimate of drug-likeness (QED) is 0.805. The van der Waals surface area contributed by atoms with E-state index in [1.165, 1.54) is 0 Å². The molecular weight excluding hydrogens is 284 g/mol. The number of nitrogens with two attached hydrogens (primary N) is 1. The molecule has 0 bridgehead atoms. The number of nitrogens with zero attached hydrogens (tertiary/aromatic N) is 1. The summed E-state index contributed by atoms with van der Waals surface area (Å²) in [6.45, 7) is 4.37. The molecule has 1 aromatic carbocycles. The highest BCUT2D eigenvalue weighted by molar-refractivity contribution is 9.10. The maximum atomic E-state index is 12.3. The molecule has 1 saturated heterocycles. The van der Waals surface area contributed by atoms with Gasteiger partial charge in [0.2, 0.25) is 0 Å². The van der Waals surface area contributed by atoms with Gasteiger partial charge in [0, 0.05) is 28.8 Å². The highest BCUT2D eigenvalue weighted by Crippen LogP contribution is 2.24. The van der Waals surface area contributed by atoms with Gasteiger partial charge in [0.15, 0.2) is 0 Å². The predicted octanol–water partition coefficient (Wildman–Crippen LogP) is 1.81. The molecule has 4 nitrogen and oxygen atoms in total. The zero-order valence-corrected chi connectivity index (χ0v) is 11.3. The van der Waals surface area contributed by atoms with E-state index in [2.05, 4.69) is 15.9 Å². The van der Waals surface area contributed by atoms with Crippen LogP contribution in [0.4, 0.5) is 5.69 Å². The molecule has 0 aromatic heterocycles. The summed E-state index contributed by atoms with van der Waals surface area (Å²) in [4.78, 5) is 14.1. The molecule has 1 heterocycles. The van der Waals surface area contributed by atoms with E-state index in [-0.39, 0.29) is 5.91 Å². The molecule has 0 aliphatic carbocycles. The summed E-state index contributed by atoms with van der Waals surface area (Å²) >= 11 is 3.36. The average Bonchev–Trinajstić information content (AvgIpc) is 2.34. The van der Waals surface area contributed by atoms with Gasteiger partial charge in [-0.25, -0.2) is 0 Å². The standard InChI is InChI=1S/C12H15BrN2O2/c1-8-10(6-9(13)7-11(8)14)12(16)15-2-4-17-5-3-15/h6-7H,2-5,14H2,1H3. The molecule has 1 amide bonds. The Labute approximate surface area is 109 Å². The SMILES string of the molecule is Cc1c(N)cc(Br)cc1C(=O)N1CCOCC1. The van der Waals surface area contributed by atoms with Crippen LogP contribution < -0.4 is 5.73 Å². The number of hydrogen-bond acceptors (Lipinski definition) is 3. The second-order valence-electron chi connectivity index (χ2n) is 4.07. The smallest absolute Gasteiger partial charge is 0.254 e. The number of nitrogen functional groups attached to an aromatic ring is 1. The lowest BCUT2D eigenvalue weighted by Crippen LogP contribution is -2.41. The van der Waals surface area contributed by atoms with E-state index >= 15 is 0 Å². The Bertz CT molecular complexity index is 442. The van der Waals surface area contributed by atoms with Crippen LogP contribution in [0.2, 0.25) is 0 Å². The predicted molar refractivity (Wildman–Crippen MR) is 70.0 cm³/mol. The fourth-order valence-corrected chi connectivity index (χ4v) is 2.33. The number of carbonyl (C=O) groups excluding carboxylic acids is 1. The van der Waals surface area contributed by atoms with E-state index in [0.29, 0.717) is 37.6 Å². The molecule has 17 heavy (non-hydrogen) atoms. The number of ether oxygens (including phenoxy) is 1. The summed E-state index contributed by atoms with van der Waals surface area (Å²) in [7, 11) is 0. The lowest BCUT2D eigenvalue weighted by molar-refractivity contribution is 0.0302. The van der Waals surface area contributed by atoms with Crippen LogP contribution in [0.1, 0.15) is 15.9 Å². The summed E-state index contributed by atoms with van der Waals surface area (Å²) in [5, 5.41) is 0. The molecule has 0 saturated carbocycles. The largest absolute Gasteiger partial charge is 0.398 e. The van der Waals surface area contributed by atoms with Crippen molar-refractivity contribution in [2.75, 3.05) is 32.0 Å². The normalized spacial score (nSPS) is 16.0. The third kappa shape index (κ3) is 2.61. The van der Waals surface area contributed by atoms with Gasteiger partial charge >= 0.3 is 0 Å². The minimum atomic E-state index is 0.0267. The second kappa shape index (κ2) is 5.06. The number of morpholine rings is 1. The van der Waals surface area contributed by atoms with Crippen LogP contribution in [0.25, 0.3) is 0 Å². The first-order chi connectivity index (χ1) is 8.09. The highest BCUT2D eigenvalue weighted by atomic mass is 79.9. The topological polar surface area (TPSA) is 55.6 Å². The number of hydrogen-bond donors (Lipinski definition) is 1. The third-order valence-electron chi connectivity index (χ3n) is 2.94. The van der Waals surface area contributed by atoms with Crippen LogP contribution in [-0.4, -0.2) is 37.1 Å². The van der Waals surface area contributed by atoms with Crippen molar-refractivity contribution in [2.45, 2.75) is 6.92 Å². The van der Waals surface area contributed by atoms with Crippen molar-refractivity contribution < 1.29 is 9.53 Å². The van der Waals surface area contributed by atoms with E-state index in [1.807, 2.05) is 19.1 Å². The van der Waals surface area contributed by atoms with Crippen LogP contribution in [0.3, 0.4) is 0 Å². The fraction of sp³-hybridized carbons (Fsp3) is 0.417. The van der Waals surface area contributed by atoms with Gasteiger partial charge in [-0.05, 0) is 24.6 Å². The molecule has 2 N–H and O–H groups in total. The van der Waals surface area contributed by atoms with Gasteiger partial charge < -0.3 is 15.4 Å². The minimum Gasteiger partial charge on any atom is -0.398 e. The molecule has 2 rings (SSSR count). The second-order valence-corrected chi connectivity index (χ2v) is 4.99. The van der Waals surface area contributed by atoms with Crippen LogP contribution in [0.15, 0.2) is 16.6 Å². The minimum absolute atomic E-state index is 0.0267. The Morgan fingerprint density at radius 2 is 2.06 bits per heavy atom. The number of amides is 1. The van der Waals surface area contributed by atoms with Gasteiger partial charge in [0.1, 0.15) is 0 Å². The van der Waals surface area contributed by atoms with Crippen molar-refractivity contribution in [1.29, 1.82) is 0 Å². The lowest BCUT2D eigenvalue weighted by atomic mass is 10.1. The number of carbonyl (C=O) groups is 1. The molecule has 1 aliphatic rings.